The standard InChI is InChI=1S/C18H14N2O4S/c1-12(14-8-5-9-15(10-14)20(22)23)24-18(21)16-11-25-17(19-16)13-6-3-2-4-7-13/h2-12H,1H3/t12-/m0/s1. The number of carbonyl (C=O) groups is 1. The second-order valence-corrected chi connectivity index (χ2v) is 6.16. The molecule has 2 aromatic carbocycles. The molecule has 0 fully saturated rings. The van der Waals surface area contributed by atoms with E-state index in [0.29, 0.717) is 5.56 Å². The van der Waals surface area contributed by atoms with Gasteiger partial charge in [0, 0.05) is 23.1 Å². The Bertz CT molecular complexity index is 908. The number of hydrogen-bond donors (Lipinski definition) is 0. The molecule has 0 aliphatic carbocycles. The number of nitro benzene ring substituents is 1. The normalized spacial score (nSPS) is 11.7. The molecule has 1 atom stereocenters. The average molecular weight is 354 g/mol. The van der Waals surface area contributed by atoms with Crippen LogP contribution in [-0.4, -0.2) is 15.9 Å². The molecular weight excluding hydrogens is 340 g/mol. The fourth-order valence-electron chi connectivity index (χ4n) is 2.26. The summed E-state index contributed by atoms with van der Waals surface area (Å²) < 4.78 is 5.39. The van der Waals surface area contributed by atoms with E-state index in [2.05, 4.69) is 4.98 Å². The van der Waals surface area contributed by atoms with Crippen LogP contribution in [0.1, 0.15) is 29.1 Å². The van der Waals surface area contributed by atoms with E-state index in [-0.39, 0.29) is 11.4 Å². The van der Waals surface area contributed by atoms with Crippen LogP contribution < -0.4 is 0 Å². The molecule has 0 bridgehead atoms. The van der Waals surface area contributed by atoms with E-state index in [1.165, 1.54) is 23.5 Å². The van der Waals surface area contributed by atoms with E-state index in [0.717, 1.165) is 10.6 Å². The van der Waals surface area contributed by atoms with Gasteiger partial charge in [0.2, 0.25) is 0 Å². The highest BCUT2D eigenvalue weighted by Gasteiger charge is 2.18. The number of thiazole rings is 1. The van der Waals surface area contributed by atoms with Crippen molar-refractivity contribution in [1.82, 2.24) is 4.98 Å². The quantitative estimate of drug-likeness (QED) is 0.379. The van der Waals surface area contributed by atoms with E-state index in [1.54, 1.807) is 24.4 Å². The van der Waals surface area contributed by atoms with Gasteiger partial charge in [-0.1, -0.05) is 42.5 Å². The van der Waals surface area contributed by atoms with Crippen LogP contribution in [-0.2, 0) is 4.74 Å². The smallest absolute Gasteiger partial charge is 0.358 e. The summed E-state index contributed by atoms with van der Waals surface area (Å²) in [6.07, 6.45) is -0.616. The highest BCUT2D eigenvalue weighted by Crippen LogP contribution is 2.26. The maximum absolute atomic E-state index is 12.3. The Kier molecular flexibility index (Phi) is 4.85. The minimum absolute atomic E-state index is 0.0413. The molecule has 0 spiro atoms. The van der Waals surface area contributed by atoms with Gasteiger partial charge in [-0.15, -0.1) is 11.3 Å². The van der Waals surface area contributed by atoms with Gasteiger partial charge in [0.15, 0.2) is 5.69 Å². The van der Waals surface area contributed by atoms with E-state index in [1.807, 2.05) is 30.3 Å². The Morgan fingerprint density at radius 2 is 1.96 bits per heavy atom. The van der Waals surface area contributed by atoms with Gasteiger partial charge < -0.3 is 4.74 Å². The Hall–Kier alpha value is -3.06. The first kappa shape index (κ1) is 16.8. The number of hydrogen-bond acceptors (Lipinski definition) is 6. The number of aromatic nitrogens is 1. The molecule has 7 heteroatoms. The van der Waals surface area contributed by atoms with Crippen LogP contribution in [0.3, 0.4) is 0 Å². The zero-order valence-corrected chi connectivity index (χ0v) is 14.1. The molecule has 25 heavy (non-hydrogen) atoms. The van der Waals surface area contributed by atoms with Crippen LogP contribution in [0.15, 0.2) is 60.0 Å². The maximum atomic E-state index is 12.3. The molecule has 0 amide bonds. The van der Waals surface area contributed by atoms with Crippen molar-refractivity contribution >= 4 is 23.0 Å². The third-order valence-corrected chi connectivity index (χ3v) is 4.46. The van der Waals surface area contributed by atoms with E-state index < -0.39 is 17.0 Å². The van der Waals surface area contributed by atoms with Gasteiger partial charge in [-0.2, -0.15) is 0 Å². The Morgan fingerprint density at radius 3 is 2.68 bits per heavy atom. The summed E-state index contributed by atoms with van der Waals surface area (Å²) in [5, 5.41) is 13.2. The molecule has 126 valence electrons. The van der Waals surface area contributed by atoms with Crippen LogP contribution in [0, 0.1) is 10.1 Å². The van der Waals surface area contributed by atoms with E-state index in [4.69, 9.17) is 4.74 Å². The monoisotopic (exact) mass is 354 g/mol. The number of rotatable bonds is 5. The number of esters is 1. The topological polar surface area (TPSA) is 82.3 Å². The fraction of sp³-hybridized carbons (Fsp3) is 0.111. The lowest BCUT2D eigenvalue weighted by Gasteiger charge is -2.12. The van der Waals surface area contributed by atoms with Crippen molar-refractivity contribution in [3.63, 3.8) is 0 Å². The largest absolute Gasteiger partial charge is 0.453 e. The molecule has 3 rings (SSSR count). The van der Waals surface area contributed by atoms with Crippen LogP contribution >= 0.6 is 11.3 Å². The summed E-state index contributed by atoms with van der Waals surface area (Å²) in [5.74, 6) is -0.558. The number of non-ortho nitro benzene ring substituents is 1. The van der Waals surface area contributed by atoms with E-state index in [9.17, 15) is 14.9 Å². The summed E-state index contributed by atoms with van der Waals surface area (Å²) in [5.41, 5.74) is 1.67. The molecule has 0 aliphatic rings. The molecule has 3 aromatic rings. The predicted molar refractivity (Wildman–Crippen MR) is 94.5 cm³/mol. The predicted octanol–water partition coefficient (Wildman–Crippen LogP) is 4.64. The van der Waals surface area contributed by atoms with Gasteiger partial charge in [0.1, 0.15) is 11.1 Å². The van der Waals surface area contributed by atoms with Crippen LogP contribution in [0.2, 0.25) is 0 Å². The van der Waals surface area contributed by atoms with Crippen molar-refractivity contribution in [2.24, 2.45) is 0 Å². The average Bonchev–Trinajstić information content (AvgIpc) is 3.13. The van der Waals surface area contributed by atoms with Crippen molar-refractivity contribution in [3.8, 4) is 10.6 Å². The summed E-state index contributed by atoms with van der Waals surface area (Å²) in [6.45, 7) is 1.67. The molecule has 6 nitrogen and oxygen atoms in total. The number of nitro groups is 1. The first-order valence-electron chi connectivity index (χ1n) is 7.51. The minimum atomic E-state index is -0.616. The van der Waals surface area contributed by atoms with Gasteiger partial charge in [-0.3, -0.25) is 10.1 Å². The highest BCUT2D eigenvalue weighted by molar-refractivity contribution is 7.13. The summed E-state index contributed by atoms with van der Waals surface area (Å²) in [4.78, 5) is 27.0. The lowest BCUT2D eigenvalue weighted by molar-refractivity contribution is -0.385. The van der Waals surface area contributed by atoms with Crippen LogP contribution in [0.4, 0.5) is 5.69 Å². The lowest BCUT2D eigenvalue weighted by Crippen LogP contribution is -2.09. The van der Waals surface area contributed by atoms with Crippen LogP contribution in [0.25, 0.3) is 10.6 Å². The number of nitrogens with zero attached hydrogens (tertiary/aromatic N) is 2. The van der Waals surface area contributed by atoms with Crippen molar-refractivity contribution in [3.05, 3.63) is 81.3 Å². The number of benzene rings is 2. The van der Waals surface area contributed by atoms with Gasteiger partial charge in [-0.05, 0) is 12.5 Å². The zero-order chi connectivity index (χ0) is 17.8. The molecule has 0 aliphatic heterocycles. The highest BCUT2D eigenvalue weighted by atomic mass is 32.1. The number of carbonyl (C=O) groups excluding carboxylic acids is 1. The Morgan fingerprint density at radius 1 is 1.20 bits per heavy atom. The first-order chi connectivity index (χ1) is 12.0. The molecular formula is C18H14N2O4S. The minimum Gasteiger partial charge on any atom is -0.453 e. The van der Waals surface area contributed by atoms with E-state index >= 15 is 0 Å². The SMILES string of the molecule is C[C@H](OC(=O)c1csc(-c2ccccc2)n1)c1cccc([N+](=O)[O-])c1. The van der Waals surface area contributed by atoms with Crippen molar-refractivity contribution in [2.75, 3.05) is 0 Å². The molecule has 0 radical (unpaired) electrons. The second-order valence-electron chi connectivity index (χ2n) is 5.30. The van der Waals surface area contributed by atoms with Gasteiger partial charge >= 0.3 is 5.97 Å². The first-order valence-corrected chi connectivity index (χ1v) is 8.39. The lowest BCUT2D eigenvalue weighted by atomic mass is 10.1. The molecule has 0 unspecified atom stereocenters. The van der Waals surface area contributed by atoms with Crippen molar-refractivity contribution < 1.29 is 14.5 Å². The molecule has 0 N–H and O–H groups in total. The van der Waals surface area contributed by atoms with Gasteiger partial charge in [0.05, 0.1) is 4.92 Å². The molecule has 0 saturated heterocycles. The molecule has 1 heterocycles. The Balaban J connectivity index is 1.73. The molecule has 0 saturated carbocycles. The van der Waals surface area contributed by atoms with Crippen molar-refractivity contribution in [2.45, 2.75) is 13.0 Å². The Labute approximate surface area is 147 Å². The molecule has 1 aromatic heterocycles. The van der Waals surface area contributed by atoms with Crippen LogP contribution in [0.5, 0.6) is 0 Å². The zero-order valence-electron chi connectivity index (χ0n) is 13.3. The summed E-state index contributed by atoms with van der Waals surface area (Å²) in [7, 11) is 0. The fourth-order valence-corrected chi connectivity index (χ4v) is 3.06. The van der Waals surface area contributed by atoms with Gasteiger partial charge in [0.25, 0.3) is 5.69 Å². The number of ether oxygens (including phenoxy) is 1. The van der Waals surface area contributed by atoms with Gasteiger partial charge in [-0.25, -0.2) is 9.78 Å². The summed E-state index contributed by atoms with van der Waals surface area (Å²) in [6, 6.07) is 15.6. The second kappa shape index (κ2) is 7.23. The third-order valence-electron chi connectivity index (χ3n) is 3.57. The van der Waals surface area contributed by atoms with Crippen molar-refractivity contribution in [1.29, 1.82) is 0 Å². The summed E-state index contributed by atoms with van der Waals surface area (Å²) >= 11 is 1.36. The maximum Gasteiger partial charge on any atom is 0.358 e. The third kappa shape index (κ3) is 3.89.